The zero-order chi connectivity index (χ0) is 13.4. The van der Waals surface area contributed by atoms with Crippen LogP contribution in [0.3, 0.4) is 0 Å². The fourth-order valence-electron chi connectivity index (χ4n) is 3.10. The van der Waals surface area contributed by atoms with Crippen molar-refractivity contribution in [2.24, 2.45) is 0 Å². The van der Waals surface area contributed by atoms with Crippen LogP contribution in [0.4, 0.5) is 0 Å². The van der Waals surface area contributed by atoms with Crippen LogP contribution in [0.5, 0.6) is 0 Å². The minimum Gasteiger partial charge on any atom is -0.327 e. The van der Waals surface area contributed by atoms with Gasteiger partial charge < -0.3 is 9.88 Å². The molecule has 21 heavy (non-hydrogen) atoms. The van der Waals surface area contributed by atoms with Gasteiger partial charge in [0.2, 0.25) is 0 Å². The molecule has 1 saturated carbocycles. The minimum absolute atomic E-state index is 0. The Balaban J connectivity index is 0.00000132. The van der Waals surface area contributed by atoms with Crippen LogP contribution in [0.15, 0.2) is 18.6 Å². The number of piperidine rings is 1. The molecule has 0 amide bonds. The molecule has 2 aliphatic rings. The van der Waals surface area contributed by atoms with E-state index in [4.69, 9.17) is 0 Å². The summed E-state index contributed by atoms with van der Waals surface area (Å²) in [4.78, 5) is 4.48. The molecular formula is C14H21ClN6. The largest absolute Gasteiger partial charge is 0.327 e. The molecule has 1 saturated heterocycles. The van der Waals surface area contributed by atoms with Crippen molar-refractivity contribution in [2.75, 3.05) is 13.1 Å². The van der Waals surface area contributed by atoms with E-state index in [0.29, 0.717) is 12.1 Å². The fraction of sp³-hybridized carbons (Fsp3) is 0.643. The lowest BCUT2D eigenvalue weighted by atomic mass is 9.93. The summed E-state index contributed by atoms with van der Waals surface area (Å²) in [6.45, 7) is 2.13. The zero-order valence-corrected chi connectivity index (χ0v) is 12.8. The molecule has 0 spiro atoms. The highest BCUT2D eigenvalue weighted by Gasteiger charge is 2.24. The van der Waals surface area contributed by atoms with Gasteiger partial charge in [-0.15, -0.1) is 17.5 Å². The van der Waals surface area contributed by atoms with E-state index >= 15 is 0 Å². The van der Waals surface area contributed by atoms with Crippen LogP contribution in [0, 0.1) is 0 Å². The monoisotopic (exact) mass is 308 g/mol. The summed E-state index contributed by atoms with van der Waals surface area (Å²) in [6.07, 6.45) is 12.1. The molecule has 0 bridgehead atoms. The van der Waals surface area contributed by atoms with Crippen molar-refractivity contribution in [1.29, 1.82) is 0 Å². The molecule has 114 valence electrons. The molecule has 6 nitrogen and oxygen atoms in total. The third-order valence-electron chi connectivity index (χ3n) is 4.56. The second-order valence-corrected chi connectivity index (χ2v) is 5.81. The van der Waals surface area contributed by atoms with Crippen molar-refractivity contribution in [3.05, 3.63) is 18.6 Å². The molecule has 0 unspecified atom stereocenters. The van der Waals surface area contributed by atoms with Crippen molar-refractivity contribution in [3.63, 3.8) is 0 Å². The summed E-state index contributed by atoms with van der Waals surface area (Å²) < 4.78 is 4.29. The molecule has 2 aromatic rings. The normalized spacial score (nSPS) is 20.0. The first kappa shape index (κ1) is 14.5. The number of imidazole rings is 1. The molecule has 0 aromatic carbocycles. The van der Waals surface area contributed by atoms with E-state index in [2.05, 4.69) is 37.6 Å². The number of hydrogen-bond acceptors (Lipinski definition) is 4. The summed E-state index contributed by atoms with van der Waals surface area (Å²) in [5, 5.41) is 12.1. The lowest BCUT2D eigenvalue weighted by Crippen LogP contribution is -2.29. The Kier molecular flexibility index (Phi) is 4.26. The van der Waals surface area contributed by atoms with Crippen LogP contribution in [-0.2, 0) is 0 Å². The number of hydrogen-bond donors (Lipinski definition) is 1. The van der Waals surface area contributed by atoms with Gasteiger partial charge in [-0.2, -0.15) is 0 Å². The lowest BCUT2D eigenvalue weighted by molar-refractivity contribution is 0.316. The van der Waals surface area contributed by atoms with Crippen LogP contribution in [0.25, 0.3) is 11.5 Å². The van der Waals surface area contributed by atoms with Crippen LogP contribution >= 0.6 is 12.4 Å². The Bertz CT molecular complexity index is 582. The summed E-state index contributed by atoms with van der Waals surface area (Å²) in [5.74, 6) is 0.967. The van der Waals surface area contributed by atoms with Gasteiger partial charge in [0.05, 0.1) is 12.2 Å². The van der Waals surface area contributed by atoms with Crippen LogP contribution in [0.2, 0.25) is 0 Å². The van der Waals surface area contributed by atoms with Crippen molar-refractivity contribution < 1.29 is 0 Å². The molecule has 2 fully saturated rings. The Labute approximate surface area is 130 Å². The molecule has 0 radical (unpaired) electrons. The zero-order valence-electron chi connectivity index (χ0n) is 12.0. The summed E-state index contributed by atoms with van der Waals surface area (Å²) in [7, 11) is 0. The standard InChI is InChI=1S/C14H20N6.ClH/c1-2-11(3-1)19-9-8-16-14(19)13-10-20(18-17-13)12-4-6-15-7-5-12;/h8-12,15H,1-7H2;1H. The third-order valence-corrected chi connectivity index (χ3v) is 4.56. The molecule has 2 aromatic heterocycles. The highest BCUT2D eigenvalue weighted by molar-refractivity contribution is 5.85. The first-order valence-corrected chi connectivity index (χ1v) is 7.57. The van der Waals surface area contributed by atoms with E-state index in [1.165, 1.54) is 19.3 Å². The van der Waals surface area contributed by atoms with Gasteiger partial charge in [-0.05, 0) is 45.2 Å². The maximum absolute atomic E-state index is 4.48. The maximum atomic E-state index is 4.48. The molecule has 1 N–H and O–H groups in total. The summed E-state index contributed by atoms with van der Waals surface area (Å²) in [5.41, 5.74) is 0.903. The minimum atomic E-state index is 0. The molecule has 4 rings (SSSR count). The Morgan fingerprint density at radius 3 is 2.62 bits per heavy atom. The van der Waals surface area contributed by atoms with Crippen molar-refractivity contribution in [3.8, 4) is 11.5 Å². The van der Waals surface area contributed by atoms with Crippen molar-refractivity contribution in [1.82, 2.24) is 29.9 Å². The van der Waals surface area contributed by atoms with Gasteiger partial charge in [0.25, 0.3) is 0 Å². The number of aromatic nitrogens is 5. The van der Waals surface area contributed by atoms with Crippen LogP contribution < -0.4 is 5.32 Å². The highest BCUT2D eigenvalue weighted by atomic mass is 35.5. The number of halogens is 1. The van der Waals surface area contributed by atoms with E-state index < -0.39 is 0 Å². The van der Waals surface area contributed by atoms with E-state index in [-0.39, 0.29) is 12.4 Å². The first-order valence-electron chi connectivity index (χ1n) is 7.57. The fourth-order valence-corrected chi connectivity index (χ4v) is 3.10. The van der Waals surface area contributed by atoms with Crippen molar-refractivity contribution >= 4 is 12.4 Å². The van der Waals surface area contributed by atoms with Gasteiger partial charge in [0, 0.05) is 18.4 Å². The average Bonchev–Trinajstić information content (AvgIpc) is 3.06. The topological polar surface area (TPSA) is 60.6 Å². The van der Waals surface area contributed by atoms with Gasteiger partial charge in [0.1, 0.15) is 5.69 Å². The Morgan fingerprint density at radius 2 is 1.90 bits per heavy atom. The summed E-state index contributed by atoms with van der Waals surface area (Å²) >= 11 is 0. The van der Waals surface area contributed by atoms with Gasteiger partial charge in [-0.1, -0.05) is 5.21 Å². The first-order chi connectivity index (χ1) is 9.92. The molecule has 1 aliphatic heterocycles. The van der Waals surface area contributed by atoms with E-state index in [1.807, 2.05) is 10.9 Å². The van der Waals surface area contributed by atoms with Gasteiger partial charge in [-0.3, -0.25) is 0 Å². The van der Waals surface area contributed by atoms with Crippen molar-refractivity contribution in [2.45, 2.75) is 44.2 Å². The summed E-state index contributed by atoms with van der Waals surface area (Å²) in [6, 6.07) is 1.08. The van der Waals surface area contributed by atoms with Crippen LogP contribution in [-0.4, -0.2) is 37.6 Å². The SMILES string of the molecule is Cl.c1cn(C2CCC2)c(-c2cn(C3CCNCC3)nn2)n1. The molecule has 0 atom stereocenters. The lowest BCUT2D eigenvalue weighted by Gasteiger charge is -2.27. The van der Waals surface area contributed by atoms with E-state index in [9.17, 15) is 0 Å². The third kappa shape index (κ3) is 2.70. The van der Waals surface area contributed by atoms with E-state index in [0.717, 1.165) is 37.4 Å². The van der Waals surface area contributed by atoms with Gasteiger partial charge >= 0.3 is 0 Å². The Hall–Kier alpha value is -1.40. The van der Waals surface area contributed by atoms with Crippen LogP contribution in [0.1, 0.15) is 44.2 Å². The quantitative estimate of drug-likeness (QED) is 0.944. The van der Waals surface area contributed by atoms with E-state index in [1.54, 1.807) is 0 Å². The molecule has 7 heteroatoms. The Morgan fingerprint density at radius 1 is 1.10 bits per heavy atom. The molecule has 3 heterocycles. The smallest absolute Gasteiger partial charge is 0.162 e. The molecule has 1 aliphatic carbocycles. The second-order valence-electron chi connectivity index (χ2n) is 5.81. The predicted octanol–water partition coefficient (Wildman–Crippen LogP) is 2.21. The highest BCUT2D eigenvalue weighted by Crippen LogP contribution is 2.34. The average molecular weight is 309 g/mol. The predicted molar refractivity (Wildman–Crippen MR) is 82.5 cm³/mol. The molecular weight excluding hydrogens is 288 g/mol. The number of nitrogens with zero attached hydrogens (tertiary/aromatic N) is 5. The second kappa shape index (κ2) is 6.15. The maximum Gasteiger partial charge on any atom is 0.162 e. The number of nitrogens with one attached hydrogen (secondary N) is 1. The van der Waals surface area contributed by atoms with Gasteiger partial charge in [0.15, 0.2) is 5.82 Å². The van der Waals surface area contributed by atoms with Gasteiger partial charge in [-0.25, -0.2) is 9.67 Å². The number of rotatable bonds is 3.